The first kappa shape index (κ1) is 16.0. The zero-order valence-corrected chi connectivity index (χ0v) is 12.6. The Morgan fingerprint density at radius 2 is 2.00 bits per heavy atom. The molecule has 118 valence electrons. The SMILES string of the molecule is CN(CCC(=O)O)C(=O)CN=C1NS(=O)(=O)c2ccccc21. The molecular weight excluding hydrogens is 310 g/mol. The molecule has 0 spiro atoms. The molecule has 1 aliphatic heterocycles. The molecule has 2 rings (SSSR count). The monoisotopic (exact) mass is 325 g/mol. The first-order valence-electron chi connectivity index (χ1n) is 6.43. The van der Waals surface area contributed by atoms with E-state index in [9.17, 15) is 18.0 Å². The Bertz CT molecular complexity index is 742. The third-order valence-electron chi connectivity index (χ3n) is 3.12. The van der Waals surface area contributed by atoms with Gasteiger partial charge in [-0.25, -0.2) is 8.42 Å². The van der Waals surface area contributed by atoms with E-state index in [1.165, 1.54) is 18.0 Å². The quantitative estimate of drug-likeness (QED) is 0.768. The van der Waals surface area contributed by atoms with Gasteiger partial charge in [-0.3, -0.25) is 19.3 Å². The highest BCUT2D eigenvalue weighted by atomic mass is 32.2. The molecule has 0 saturated heterocycles. The van der Waals surface area contributed by atoms with Gasteiger partial charge in [0.2, 0.25) is 5.91 Å². The third-order valence-corrected chi connectivity index (χ3v) is 4.52. The van der Waals surface area contributed by atoms with Gasteiger partial charge in [-0.1, -0.05) is 12.1 Å². The van der Waals surface area contributed by atoms with Crippen molar-refractivity contribution in [2.24, 2.45) is 4.99 Å². The highest BCUT2D eigenvalue weighted by molar-refractivity contribution is 7.90. The number of carboxylic acids is 1. The van der Waals surface area contributed by atoms with Crippen LogP contribution in [0.25, 0.3) is 0 Å². The van der Waals surface area contributed by atoms with Gasteiger partial charge in [0, 0.05) is 19.2 Å². The third kappa shape index (κ3) is 3.42. The molecule has 0 saturated carbocycles. The van der Waals surface area contributed by atoms with Gasteiger partial charge in [-0.15, -0.1) is 0 Å². The molecule has 0 fully saturated rings. The fourth-order valence-electron chi connectivity index (χ4n) is 1.91. The number of carbonyl (C=O) groups is 2. The molecular formula is C13H15N3O5S. The molecule has 0 aliphatic carbocycles. The lowest BCUT2D eigenvalue weighted by Crippen LogP contribution is -2.32. The molecule has 0 atom stereocenters. The second-order valence-electron chi connectivity index (χ2n) is 4.73. The maximum Gasteiger partial charge on any atom is 0.305 e. The van der Waals surface area contributed by atoms with Crippen LogP contribution in [0.1, 0.15) is 12.0 Å². The van der Waals surface area contributed by atoms with Gasteiger partial charge in [-0.05, 0) is 12.1 Å². The van der Waals surface area contributed by atoms with Crippen molar-refractivity contribution in [3.05, 3.63) is 29.8 Å². The number of carboxylic acid groups (broad SMARTS) is 1. The average molecular weight is 325 g/mol. The number of benzene rings is 1. The number of hydrogen-bond donors (Lipinski definition) is 2. The molecule has 1 heterocycles. The average Bonchev–Trinajstić information content (AvgIpc) is 2.74. The van der Waals surface area contributed by atoms with Crippen LogP contribution in [0.5, 0.6) is 0 Å². The Hall–Kier alpha value is -2.42. The van der Waals surface area contributed by atoms with Crippen molar-refractivity contribution in [2.45, 2.75) is 11.3 Å². The van der Waals surface area contributed by atoms with Crippen molar-refractivity contribution in [3.8, 4) is 0 Å². The summed E-state index contributed by atoms with van der Waals surface area (Å²) in [5.41, 5.74) is 0.420. The highest BCUT2D eigenvalue weighted by Gasteiger charge is 2.30. The van der Waals surface area contributed by atoms with E-state index in [4.69, 9.17) is 5.11 Å². The molecule has 1 amide bonds. The molecule has 0 bridgehead atoms. The minimum absolute atomic E-state index is 0.0708. The van der Waals surface area contributed by atoms with Gasteiger partial charge in [0.1, 0.15) is 12.4 Å². The van der Waals surface area contributed by atoms with Crippen LogP contribution in [0.2, 0.25) is 0 Å². The Morgan fingerprint density at radius 3 is 2.68 bits per heavy atom. The molecule has 0 unspecified atom stereocenters. The van der Waals surface area contributed by atoms with E-state index in [1.807, 2.05) is 0 Å². The number of sulfonamides is 1. The number of nitrogens with one attached hydrogen (secondary N) is 1. The predicted molar refractivity (Wildman–Crippen MR) is 78.1 cm³/mol. The summed E-state index contributed by atoms with van der Waals surface area (Å²) in [6.07, 6.45) is -0.158. The molecule has 2 N–H and O–H groups in total. The van der Waals surface area contributed by atoms with E-state index in [0.29, 0.717) is 5.56 Å². The number of hydrogen-bond acceptors (Lipinski definition) is 5. The zero-order chi connectivity index (χ0) is 16.3. The molecule has 1 aliphatic rings. The minimum atomic E-state index is -3.63. The summed E-state index contributed by atoms with van der Waals surface area (Å²) < 4.78 is 26.0. The molecule has 1 aromatic carbocycles. The Morgan fingerprint density at radius 1 is 1.32 bits per heavy atom. The van der Waals surface area contributed by atoms with Gasteiger partial charge < -0.3 is 10.0 Å². The van der Waals surface area contributed by atoms with Crippen LogP contribution in [0, 0.1) is 0 Å². The van der Waals surface area contributed by atoms with E-state index in [-0.39, 0.29) is 30.2 Å². The number of nitrogens with zero attached hydrogens (tertiary/aromatic N) is 2. The van der Waals surface area contributed by atoms with Crippen LogP contribution < -0.4 is 4.72 Å². The van der Waals surface area contributed by atoms with Gasteiger partial charge in [0.25, 0.3) is 10.0 Å². The Kier molecular flexibility index (Phi) is 4.45. The second-order valence-corrected chi connectivity index (χ2v) is 6.38. The molecule has 8 nitrogen and oxygen atoms in total. The number of carbonyl (C=O) groups excluding carboxylic acids is 1. The van der Waals surface area contributed by atoms with E-state index in [2.05, 4.69) is 9.71 Å². The lowest BCUT2D eigenvalue weighted by atomic mass is 10.2. The van der Waals surface area contributed by atoms with E-state index in [1.54, 1.807) is 18.2 Å². The smallest absolute Gasteiger partial charge is 0.305 e. The second kappa shape index (κ2) is 6.14. The summed E-state index contributed by atoms with van der Waals surface area (Å²) >= 11 is 0. The number of aliphatic carboxylic acids is 1. The standard InChI is InChI=1S/C13H15N3O5S/c1-16(7-6-12(18)19)11(17)8-14-13-9-4-2-3-5-10(9)22(20,21)15-13/h2-5H,6-8H2,1H3,(H,14,15)(H,18,19). The first-order valence-corrected chi connectivity index (χ1v) is 7.92. The summed E-state index contributed by atoms with van der Waals surface area (Å²) in [5, 5.41) is 8.57. The summed E-state index contributed by atoms with van der Waals surface area (Å²) in [7, 11) is -2.16. The van der Waals surface area contributed by atoms with Crippen molar-refractivity contribution >= 4 is 27.7 Å². The van der Waals surface area contributed by atoms with Crippen molar-refractivity contribution in [1.29, 1.82) is 0 Å². The van der Waals surface area contributed by atoms with Gasteiger partial charge >= 0.3 is 5.97 Å². The van der Waals surface area contributed by atoms with Crippen LogP contribution in [0.4, 0.5) is 0 Å². The first-order chi connectivity index (χ1) is 10.3. The zero-order valence-electron chi connectivity index (χ0n) is 11.8. The maximum absolute atomic E-state index is 11.9. The normalized spacial score (nSPS) is 16.9. The fraction of sp³-hybridized carbons (Fsp3) is 0.308. The largest absolute Gasteiger partial charge is 0.481 e. The number of amides is 1. The lowest BCUT2D eigenvalue weighted by molar-refractivity contribution is -0.138. The molecule has 1 aromatic rings. The van der Waals surface area contributed by atoms with E-state index < -0.39 is 21.9 Å². The topological polar surface area (TPSA) is 116 Å². The van der Waals surface area contributed by atoms with Crippen molar-refractivity contribution in [2.75, 3.05) is 20.1 Å². The van der Waals surface area contributed by atoms with Gasteiger partial charge in [-0.2, -0.15) is 0 Å². The molecule has 22 heavy (non-hydrogen) atoms. The van der Waals surface area contributed by atoms with Crippen LogP contribution in [-0.4, -0.2) is 56.3 Å². The molecule has 0 radical (unpaired) electrons. The van der Waals surface area contributed by atoms with E-state index in [0.717, 1.165) is 0 Å². The van der Waals surface area contributed by atoms with E-state index >= 15 is 0 Å². The maximum atomic E-state index is 11.9. The van der Waals surface area contributed by atoms with Gasteiger partial charge in [0.15, 0.2) is 0 Å². The Labute approximate surface area is 127 Å². The van der Waals surface area contributed by atoms with Crippen molar-refractivity contribution < 1.29 is 23.1 Å². The summed E-state index contributed by atoms with van der Waals surface area (Å²) in [4.78, 5) is 27.7. The molecule has 9 heteroatoms. The molecule has 0 aromatic heterocycles. The van der Waals surface area contributed by atoms with Crippen molar-refractivity contribution in [1.82, 2.24) is 9.62 Å². The number of aliphatic imine (C=N–C) groups is 1. The minimum Gasteiger partial charge on any atom is -0.481 e. The van der Waals surface area contributed by atoms with Crippen LogP contribution in [-0.2, 0) is 19.6 Å². The highest BCUT2D eigenvalue weighted by Crippen LogP contribution is 2.21. The lowest BCUT2D eigenvalue weighted by Gasteiger charge is -2.14. The number of likely N-dealkylation sites (N-methyl/N-ethyl adjacent to an activating group) is 1. The number of rotatable bonds is 5. The predicted octanol–water partition coefficient (Wildman–Crippen LogP) is -0.342. The fourth-order valence-corrected chi connectivity index (χ4v) is 3.16. The van der Waals surface area contributed by atoms with Gasteiger partial charge in [0.05, 0.1) is 11.3 Å². The summed E-state index contributed by atoms with van der Waals surface area (Å²) in [6.45, 7) is -0.191. The van der Waals surface area contributed by atoms with Crippen LogP contribution in [0.3, 0.4) is 0 Å². The van der Waals surface area contributed by atoms with Crippen molar-refractivity contribution in [3.63, 3.8) is 0 Å². The van der Waals surface area contributed by atoms with Crippen LogP contribution in [0.15, 0.2) is 34.2 Å². The summed E-state index contributed by atoms with van der Waals surface area (Å²) in [5.74, 6) is -1.27. The Balaban J connectivity index is 2.09. The summed E-state index contributed by atoms with van der Waals surface area (Å²) in [6, 6.07) is 6.34. The van der Waals surface area contributed by atoms with Crippen LogP contribution >= 0.6 is 0 Å². The number of fused-ring (bicyclic) bond motifs is 1. The number of amidine groups is 1.